The molecular weight excluding hydrogens is 230 g/mol. The summed E-state index contributed by atoms with van der Waals surface area (Å²) < 4.78 is 2.33. The van der Waals surface area contributed by atoms with Gasteiger partial charge in [-0.2, -0.15) is 0 Å². The normalized spacial score (nSPS) is 13.2. The van der Waals surface area contributed by atoms with Gasteiger partial charge in [-0.1, -0.05) is 37.4 Å². The molecule has 0 atom stereocenters. The van der Waals surface area contributed by atoms with E-state index in [1.54, 1.807) is 0 Å². The van der Waals surface area contributed by atoms with E-state index in [9.17, 15) is 4.80 Å². The lowest BCUT2D eigenvalue weighted by molar-refractivity contribution is 0.568. The van der Waals surface area contributed by atoms with E-state index < -0.39 is 16.6 Å². The molecule has 4 heteroatoms. The van der Waals surface area contributed by atoms with E-state index in [-0.39, 0.29) is 0 Å². The van der Waals surface area contributed by atoms with Crippen LogP contribution in [-0.4, -0.2) is 40.0 Å². The topological polar surface area (TPSA) is 23.5 Å². The fourth-order valence-electron chi connectivity index (χ4n) is 1.54. The molecule has 16 heavy (non-hydrogen) atoms. The monoisotopic (exact) mass is 253 g/mol. The van der Waals surface area contributed by atoms with Gasteiger partial charge in [0.1, 0.15) is 0 Å². The SMILES string of the molecule is CN(C)[Si](C)(C)c1cccc([Si](C)(C)O)c1. The average molecular weight is 253 g/mol. The Morgan fingerprint density at radius 1 is 1.00 bits per heavy atom. The lowest BCUT2D eigenvalue weighted by Crippen LogP contribution is -2.56. The summed E-state index contributed by atoms with van der Waals surface area (Å²) in [5.74, 6) is 0. The zero-order chi connectivity index (χ0) is 12.6. The highest BCUT2D eigenvalue weighted by atomic mass is 28.4. The molecule has 0 fully saturated rings. The summed E-state index contributed by atoms with van der Waals surface area (Å²) in [5, 5.41) is 2.53. The molecule has 1 N–H and O–H groups in total. The minimum Gasteiger partial charge on any atom is -0.428 e. The summed E-state index contributed by atoms with van der Waals surface area (Å²) in [5.41, 5.74) is 0. The number of hydrogen-bond acceptors (Lipinski definition) is 2. The fourth-order valence-corrected chi connectivity index (χ4v) is 4.22. The van der Waals surface area contributed by atoms with Crippen LogP contribution in [-0.2, 0) is 0 Å². The molecule has 0 aliphatic carbocycles. The van der Waals surface area contributed by atoms with E-state index in [0.29, 0.717) is 0 Å². The van der Waals surface area contributed by atoms with Crippen molar-refractivity contribution < 1.29 is 4.80 Å². The highest BCUT2D eigenvalue weighted by molar-refractivity contribution is 6.88. The quantitative estimate of drug-likeness (QED) is 0.815. The van der Waals surface area contributed by atoms with Crippen LogP contribution >= 0.6 is 0 Å². The maximum absolute atomic E-state index is 10.2. The first-order valence-corrected chi connectivity index (χ1v) is 11.6. The summed E-state index contributed by atoms with van der Waals surface area (Å²) in [7, 11) is 0.582. The van der Waals surface area contributed by atoms with Crippen molar-refractivity contribution in [1.82, 2.24) is 4.57 Å². The van der Waals surface area contributed by atoms with Crippen LogP contribution in [0.4, 0.5) is 0 Å². The van der Waals surface area contributed by atoms with Gasteiger partial charge in [-0.05, 0) is 37.6 Å². The van der Waals surface area contributed by atoms with Crippen LogP contribution < -0.4 is 10.4 Å². The molecule has 0 bridgehead atoms. The Hall–Kier alpha value is -0.426. The highest BCUT2D eigenvalue weighted by Gasteiger charge is 2.28. The third-order valence-corrected chi connectivity index (χ3v) is 9.08. The summed E-state index contributed by atoms with van der Waals surface area (Å²) in [6.45, 7) is 8.60. The van der Waals surface area contributed by atoms with E-state index in [1.807, 2.05) is 13.1 Å². The van der Waals surface area contributed by atoms with Gasteiger partial charge in [0.15, 0.2) is 8.24 Å². The molecule has 0 spiro atoms. The van der Waals surface area contributed by atoms with Crippen molar-refractivity contribution in [1.29, 1.82) is 0 Å². The minimum absolute atomic E-state index is 1.13. The van der Waals surface area contributed by atoms with Gasteiger partial charge < -0.3 is 9.36 Å². The fraction of sp³-hybridized carbons (Fsp3) is 0.500. The molecule has 1 aromatic carbocycles. The maximum Gasteiger partial charge on any atom is 0.213 e. The molecular formula is C12H23NOSi2. The van der Waals surface area contributed by atoms with Crippen LogP contribution in [0.15, 0.2) is 24.3 Å². The van der Waals surface area contributed by atoms with E-state index in [1.165, 1.54) is 5.19 Å². The van der Waals surface area contributed by atoms with Gasteiger partial charge >= 0.3 is 0 Å². The Labute approximate surface area is 101 Å². The molecule has 0 heterocycles. The molecule has 0 saturated carbocycles. The van der Waals surface area contributed by atoms with Crippen LogP contribution in [0.1, 0.15) is 0 Å². The van der Waals surface area contributed by atoms with Crippen molar-refractivity contribution in [3.8, 4) is 0 Å². The lowest BCUT2D eigenvalue weighted by Gasteiger charge is -2.31. The Bertz CT molecular complexity index is 370. The van der Waals surface area contributed by atoms with Crippen molar-refractivity contribution in [3.63, 3.8) is 0 Å². The van der Waals surface area contributed by atoms with Crippen molar-refractivity contribution >= 4 is 26.9 Å². The molecule has 0 aliphatic heterocycles. The first kappa shape index (κ1) is 13.6. The van der Waals surface area contributed by atoms with Crippen LogP contribution in [0.2, 0.25) is 26.2 Å². The zero-order valence-electron chi connectivity index (χ0n) is 11.2. The van der Waals surface area contributed by atoms with E-state index in [4.69, 9.17) is 0 Å². The third kappa shape index (κ3) is 2.82. The van der Waals surface area contributed by atoms with Gasteiger partial charge in [0.05, 0.1) is 0 Å². The van der Waals surface area contributed by atoms with Gasteiger partial charge in [-0.15, -0.1) is 0 Å². The predicted octanol–water partition coefficient (Wildman–Crippen LogP) is 1.06. The van der Waals surface area contributed by atoms with Gasteiger partial charge in [0, 0.05) is 0 Å². The lowest BCUT2D eigenvalue weighted by atomic mass is 10.4. The van der Waals surface area contributed by atoms with Crippen molar-refractivity contribution in [3.05, 3.63) is 24.3 Å². The Kier molecular flexibility index (Phi) is 3.79. The second kappa shape index (κ2) is 4.45. The molecule has 1 aromatic rings. The van der Waals surface area contributed by atoms with Crippen LogP contribution in [0.25, 0.3) is 0 Å². The molecule has 0 aromatic heterocycles. The minimum atomic E-state index is -2.17. The van der Waals surface area contributed by atoms with Gasteiger partial charge in [-0.3, -0.25) is 0 Å². The van der Waals surface area contributed by atoms with Crippen LogP contribution in [0.3, 0.4) is 0 Å². The standard InChI is InChI=1S/C12H23NOSi2/c1-13(2)15(3,4)11-8-7-9-12(10-11)16(5,6)14/h7-10,14H,1-6H3. The Morgan fingerprint density at radius 3 is 1.94 bits per heavy atom. The van der Waals surface area contributed by atoms with Gasteiger partial charge in [-0.25, -0.2) is 0 Å². The summed E-state index contributed by atoms with van der Waals surface area (Å²) in [6, 6.07) is 8.53. The molecule has 0 amide bonds. The first-order valence-electron chi connectivity index (χ1n) is 5.66. The number of benzene rings is 1. The Balaban J connectivity index is 3.18. The van der Waals surface area contributed by atoms with E-state index in [0.717, 1.165) is 5.19 Å². The molecule has 1 rings (SSSR count). The third-order valence-electron chi connectivity index (χ3n) is 3.39. The van der Waals surface area contributed by atoms with E-state index >= 15 is 0 Å². The average Bonchev–Trinajstić information content (AvgIpc) is 2.16. The van der Waals surface area contributed by atoms with Crippen LogP contribution in [0, 0.1) is 0 Å². The molecule has 90 valence electrons. The van der Waals surface area contributed by atoms with Crippen molar-refractivity contribution in [2.45, 2.75) is 26.2 Å². The number of rotatable bonds is 3. The Morgan fingerprint density at radius 2 is 1.50 bits per heavy atom. The molecule has 0 radical (unpaired) electrons. The number of nitrogens with zero attached hydrogens (tertiary/aromatic N) is 1. The molecule has 0 aliphatic rings. The van der Waals surface area contributed by atoms with Crippen LogP contribution in [0.5, 0.6) is 0 Å². The smallest absolute Gasteiger partial charge is 0.213 e. The largest absolute Gasteiger partial charge is 0.428 e. The van der Waals surface area contributed by atoms with Gasteiger partial charge in [0.2, 0.25) is 8.32 Å². The second-order valence-electron chi connectivity index (χ2n) is 5.59. The summed E-state index contributed by atoms with van der Waals surface area (Å²) in [6.07, 6.45) is 0. The molecule has 0 saturated heterocycles. The molecule has 2 nitrogen and oxygen atoms in total. The maximum atomic E-state index is 10.2. The summed E-state index contributed by atoms with van der Waals surface area (Å²) in [4.78, 5) is 10.2. The number of hydrogen-bond donors (Lipinski definition) is 1. The van der Waals surface area contributed by atoms with Crippen molar-refractivity contribution in [2.24, 2.45) is 0 Å². The zero-order valence-corrected chi connectivity index (χ0v) is 13.2. The summed E-state index contributed by atoms with van der Waals surface area (Å²) >= 11 is 0. The highest BCUT2D eigenvalue weighted by Crippen LogP contribution is 2.06. The second-order valence-corrected chi connectivity index (χ2v) is 13.9. The van der Waals surface area contributed by atoms with Gasteiger partial charge in [0.25, 0.3) is 0 Å². The van der Waals surface area contributed by atoms with Crippen molar-refractivity contribution in [2.75, 3.05) is 14.1 Å². The first-order chi connectivity index (χ1) is 7.15. The van der Waals surface area contributed by atoms with E-state index in [2.05, 4.69) is 56.0 Å². The predicted molar refractivity (Wildman–Crippen MR) is 76.6 cm³/mol. The molecule has 0 unspecified atom stereocenters.